The Morgan fingerprint density at radius 2 is 1.89 bits per heavy atom. The van der Waals surface area contributed by atoms with Crippen LogP contribution in [0.5, 0.6) is 0 Å². The van der Waals surface area contributed by atoms with Crippen LogP contribution in [-0.2, 0) is 0 Å². The molecular formula is C16H27FN2. The number of benzene rings is 1. The predicted octanol–water partition coefficient (Wildman–Crippen LogP) is 3.50. The summed E-state index contributed by atoms with van der Waals surface area (Å²) in [4.78, 5) is 2.24. The van der Waals surface area contributed by atoms with E-state index >= 15 is 0 Å². The number of hydrogen-bond acceptors (Lipinski definition) is 2. The second-order valence-corrected chi connectivity index (χ2v) is 6.47. The molecule has 1 aromatic rings. The second kappa shape index (κ2) is 6.02. The molecule has 0 aromatic heterocycles. The average Bonchev–Trinajstić information content (AvgIpc) is 2.32. The van der Waals surface area contributed by atoms with Gasteiger partial charge in [0, 0.05) is 18.6 Å². The molecule has 0 aliphatic rings. The zero-order valence-corrected chi connectivity index (χ0v) is 13.0. The van der Waals surface area contributed by atoms with Crippen molar-refractivity contribution in [3.05, 3.63) is 35.1 Å². The normalized spacial score (nSPS) is 15.6. The molecule has 2 unspecified atom stereocenters. The van der Waals surface area contributed by atoms with Gasteiger partial charge in [0.05, 0.1) is 0 Å². The second-order valence-electron chi connectivity index (χ2n) is 6.47. The highest BCUT2D eigenvalue weighted by Crippen LogP contribution is 2.30. The summed E-state index contributed by atoms with van der Waals surface area (Å²) in [5, 5.41) is 0. The van der Waals surface area contributed by atoms with Crippen LogP contribution in [0.4, 0.5) is 4.39 Å². The van der Waals surface area contributed by atoms with Gasteiger partial charge in [0.15, 0.2) is 0 Å². The van der Waals surface area contributed by atoms with E-state index < -0.39 is 0 Å². The average molecular weight is 266 g/mol. The van der Waals surface area contributed by atoms with Crippen molar-refractivity contribution in [2.75, 3.05) is 13.6 Å². The summed E-state index contributed by atoms with van der Waals surface area (Å²) in [5.74, 6) is -0.159. The number of halogens is 1. The summed E-state index contributed by atoms with van der Waals surface area (Å²) < 4.78 is 13.7. The summed E-state index contributed by atoms with van der Waals surface area (Å²) in [6.45, 7) is 11.1. The Labute approximate surface area is 116 Å². The maximum atomic E-state index is 13.7. The molecule has 0 saturated heterocycles. The van der Waals surface area contributed by atoms with Gasteiger partial charge in [0.1, 0.15) is 5.82 Å². The number of likely N-dealkylation sites (N-methyl/N-ethyl adjacent to an activating group) is 1. The van der Waals surface area contributed by atoms with Gasteiger partial charge in [0.25, 0.3) is 0 Å². The van der Waals surface area contributed by atoms with Crippen LogP contribution in [-0.4, -0.2) is 24.5 Å². The molecule has 0 bridgehead atoms. The number of nitrogens with zero attached hydrogens (tertiary/aromatic N) is 1. The summed E-state index contributed by atoms with van der Waals surface area (Å²) in [6.07, 6.45) is 0. The maximum absolute atomic E-state index is 13.7. The van der Waals surface area contributed by atoms with Crippen molar-refractivity contribution in [3.63, 3.8) is 0 Å². The first-order valence-corrected chi connectivity index (χ1v) is 6.86. The predicted molar refractivity (Wildman–Crippen MR) is 79.6 cm³/mol. The van der Waals surface area contributed by atoms with E-state index in [0.29, 0.717) is 18.2 Å². The Hall–Kier alpha value is -0.930. The fourth-order valence-corrected chi connectivity index (χ4v) is 2.23. The number of nitrogens with two attached hydrogens (primary N) is 1. The van der Waals surface area contributed by atoms with E-state index in [1.165, 1.54) is 0 Å². The largest absolute Gasteiger partial charge is 0.329 e. The van der Waals surface area contributed by atoms with Gasteiger partial charge in [-0.05, 0) is 43.5 Å². The van der Waals surface area contributed by atoms with Crippen molar-refractivity contribution < 1.29 is 4.39 Å². The highest BCUT2D eigenvalue weighted by atomic mass is 19.1. The first kappa shape index (κ1) is 16.1. The molecule has 1 aromatic carbocycles. The molecule has 19 heavy (non-hydrogen) atoms. The van der Waals surface area contributed by atoms with Crippen molar-refractivity contribution >= 4 is 0 Å². The molecular weight excluding hydrogens is 239 g/mol. The zero-order chi connectivity index (χ0) is 14.8. The fraction of sp³-hybridized carbons (Fsp3) is 0.625. The molecule has 2 nitrogen and oxygen atoms in total. The third-order valence-electron chi connectivity index (χ3n) is 4.16. The molecule has 108 valence electrons. The minimum Gasteiger partial charge on any atom is -0.329 e. The van der Waals surface area contributed by atoms with Gasteiger partial charge < -0.3 is 5.73 Å². The Morgan fingerprint density at radius 3 is 2.32 bits per heavy atom. The van der Waals surface area contributed by atoms with Crippen LogP contribution in [0, 0.1) is 18.2 Å². The van der Waals surface area contributed by atoms with Gasteiger partial charge in [0.2, 0.25) is 0 Å². The van der Waals surface area contributed by atoms with Gasteiger partial charge in [-0.15, -0.1) is 0 Å². The first-order valence-electron chi connectivity index (χ1n) is 6.86. The van der Waals surface area contributed by atoms with Crippen LogP contribution in [0.25, 0.3) is 0 Å². The summed E-state index contributed by atoms with van der Waals surface area (Å²) in [6, 6.07) is 5.80. The van der Waals surface area contributed by atoms with Crippen LogP contribution < -0.4 is 5.73 Å². The number of rotatable bonds is 4. The lowest BCUT2D eigenvalue weighted by Crippen LogP contribution is -2.43. The summed E-state index contributed by atoms with van der Waals surface area (Å²) >= 11 is 0. The van der Waals surface area contributed by atoms with Crippen molar-refractivity contribution in [3.8, 4) is 0 Å². The van der Waals surface area contributed by atoms with Crippen LogP contribution >= 0.6 is 0 Å². The molecule has 0 heterocycles. The Balaban J connectivity index is 3.03. The van der Waals surface area contributed by atoms with E-state index in [0.717, 1.165) is 5.56 Å². The van der Waals surface area contributed by atoms with E-state index in [1.807, 2.05) is 12.1 Å². The van der Waals surface area contributed by atoms with Crippen molar-refractivity contribution in [1.82, 2.24) is 4.90 Å². The third-order valence-corrected chi connectivity index (χ3v) is 4.16. The van der Waals surface area contributed by atoms with Gasteiger partial charge in [-0.2, -0.15) is 0 Å². The minimum absolute atomic E-state index is 0.0457. The van der Waals surface area contributed by atoms with Crippen LogP contribution in [0.3, 0.4) is 0 Å². The molecule has 1 rings (SSSR count). The molecule has 0 fully saturated rings. The SMILES string of the molecule is Cc1ccc(C(CN)N(C)C(C)C(C)(C)C)cc1F. The molecule has 0 amide bonds. The molecule has 3 heteroatoms. The number of aryl methyl sites for hydroxylation is 1. The molecule has 0 radical (unpaired) electrons. The van der Waals surface area contributed by atoms with Crippen LogP contribution in [0.15, 0.2) is 18.2 Å². The minimum atomic E-state index is -0.159. The van der Waals surface area contributed by atoms with Crippen molar-refractivity contribution in [2.24, 2.45) is 11.1 Å². The monoisotopic (exact) mass is 266 g/mol. The quantitative estimate of drug-likeness (QED) is 0.903. The Bertz CT molecular complexity index is 423. The summed E-state index contributed by atoms with van der Waals surface area (Å²) in [7, 11) is 2.06. The standard InChI is InChI=1S/C16H27FN2/c1-11-7-8-13(9-14(11)17)15(10-18)19(6)12(2)16(3,4)5/h7-9,12,15H,10,18H2,1-6H3. The van der Waals surface area contributed by atoms with E-state index in [2.05, 4.69) is 39.6 Å². The van der Waals surface area contributed by atoms with Crippen molar-refractivity contribution in [1.29, 1.82) is 0 Å². The van der Waals surface area contributed by atoms with E-state index in [4.69, 9.17) is 5.73 Å². The first-order chi connectivity index (χ1) is 8.68. The molecule has 0 aliphatic heterocycles. The summed E-state index contributed by atoms with van der Waals surface area (Å²) in [5.41, 5.74) is 7.69. The lowest BCUT2D eigenvalue weighted by molar-refractivity contribution is 0.1000. The van der Waals surface area contributed by atoms with Gasteiger partial charge in [-0.3, -0.25) is 4.90 Å². The van der Waals surface area contributed by atoms with Gasteiger partial charge >= 0.3 is 0 Å². The van der Waals surface area contributed by atoms with Gasteiger partial charge in [-0.1, -0.05) is 32.9 Å². The van der Waals surface area contributed by atoms with Crippen molar-refractivity contribution in [2.45, 2.75) is 46.7 Å². The fourth-order valence-electron chi connectivity index (χ4n) is 2.23. The van der Waals surface area contributed by atoms with Crippen LogP contribution in [0.1, 0.15) is 44.9 Å². The molecule has 0 spiro atoms. The van der Waals surface area contributed by atoms with E-state index in [1.54, 1.807) is 13.0 Å². The van der Waals surface area contributed by atoms with E-state index in [-0.39, 0.29) is 17.3 Å². The molecule has 0 saturated carbocycles. The van der Waals surface area contributed by atoms with Crippen LogP contribution in [0.2, 0.25) is 0 Å². The number of hydrogen-bond donors (Lipinski definition) is 1. The molecule has 2 N–H and O–H groups in total. The molecule has 0 aliphatic carbocycles. The maximum Gasteiger partial charge on any atom is 0.126 e. The molecule has 2 atom stereocenters. The highest BCUT2D eigenvalue weighted by Gasteiger charge is 2.28. The highest BCUT2D eigenvalue weighted by molar-refractivity contribution is 5.26. The smallest absolute Gasteiger partial charge is 0.126 e. The Morgan fingerprint density at radius 1 is 1.32 bits per heavy atom. The Kier molecular flexibility index (Phi) is 5.11. The lowest BCUT2D eigenvalue weighted by Gasteiger charge is -2.40. The third kappa shape index (κ3) is 3.77. The lowest BCUT2D eigenvalue weighted by atomic mass is 9.86. The van der Waals surface area contributed by atoms with E-state index in [9.17, 15) is 4.39 Å². The topological polar surface area (TPSA) is 29.3 Å². The zero-order valence-electron chi connectivity index (χ0n) is 13.0. The van der Waals surface area contributed by atoms with Gasteiger partial charge in [-0.25, -0.2) is 4.39 Å².